The van der Waals surface area contributed by atoms with Crippen molar-refractivity contribution >= 4 is 11.9 Å². The van der Waals surface area contributed by atoms with Crippen molar-refractivity contribution < 1.29 is 15.0 Å². The Bertz CT molecular complexity index is 762. The van der Waals surface area contributed by atoms with E-state index in [9.17, 15) is 15.0 Å². The monoisotopic (exact) mass is 354 g/mol. The summed E-state index contributed by atoms with van der Waals surface area (Å²) < 4.78 is 0. The fourth-order valence-corrected chi connectivity index (χ4v) is 2.68. The van der Waals surface area contributed by atoms with Gasteiger partial charge in [-0.3, -0.25) is 4.79 Å². The van der Waals surface area contributed by atoms with E-state index in [0.717, 1.165) is 16.7 Å². The van der Waals surface area contributed by atoms with Crippen LogP contribution in [0.25, 0.3) is 6.08 Å². The number of phenolic OH excluding ortho intramolecular Hbond substituents is 2. The first-order valence-corrected chi connectivity index (χ1v) is 8.42. The number of rotatable bonds is 7. The van der Waals surface area contributed by atoms with Gasteiger partial charge in [0.25, 0.3) is 0 Å². The Labute approximate surface area is 154 Å². The SMILES string of the molecule is CN(C)Cc1cc(C(=O)/C=C/c2ccc(O)cc2)cc(CN(C)C)c1O. The molecule has 2 aromatic rings. The maximum Gasteiger partial charge on any atom is 0.185 e. The third-order valence-corrected chi connectivity index (χ3v) is 3.85. The summed E-state index contributed by atoms with van der Waals surface area (Å²) in [5, 5.41) is 19.8. The van der Waals surface area contributed by atoms with Crippen molar-refractivity contribution in [3.8, 4) is 11.5 Å². The van der Waals surface area contributed by atoms with Gasteiger partial charge in [-0.15, -0.1) is 0 Å². The highest BCUT2D eigenvalue weighted by molar-refractivity contribution is 6.07. The van der Waals surface area contributed by atoms with Crippen LogP contribution < -0.4 is 0 Å². The van der Waals surface area contributed by atoms with Gasteiger partial charge in [0.05, 0.1) is 0 Å². The van der Waals surface area contributed by atoms with E-state index in [1.165, 1.54) is 6.08 Å². The molecule has 0 aliphatic carbocycles. The molecule has 0 bridgehead atoms. The molecule has 0 radical (unpaired) electrons. The molecule has 0 saturated heterocycles. The molecule has 0 atom stereocenters. The number of carbonyl (C=O) groups is 1. The summed E-state index contributed by atoms with van der Waals surface area (Å²) in [7, 11) is 7.68. The van der Waals surface area contributed by atoms with Crippen molar-refractivity contribution in [2.45, 2.75) is 13.1 Å². The van der Waals surface area contributed by atoms with Crippen LogP contribution in [0.4, 0.5) is 0 Å². The summed E-state index contributed by atoms with van der Waals surface area (Å²) in [6, 6.07) is 10.1. The van der Waals surface area contributed by atoms with E-state index in [2.05, 4.69) is 0 Å². The van der Waals surface area contributed by atoms with Crippen molar-refractivity contribution in [1.29, 1.82) is 0 Å². The first kappa shape index (κ1) is 19.7. The van der Waals surface area contributed by atoms with Crippen molar-refractivity contribution in [3.05, 3.63) is 64.7 Å². The Balaban J connectivity index is 2.33. The molecular weight excluding hydrogens is 328 g/mol. The number of nitrogens with zero attached hydrogens (tertiary/aromatic N) is 2. The zero-order valence-corrected chi connectivity index (χ0v) is 15.7. The van der Waals surface area contributed by atoms with E-state index in [4.69, 9.17) is 0 Å². The zero-order chi connectivity index (χ0) is 19.3. The van der Waals surface area contributed by atoms with Gasteiger partial charge in [-0.05, 0) is 64.1 Å². The molecular formula is C21H26N2O3. The second-order valence-corrected chi connectivity index (χ2v) is 6.91. The summed E-state index contributed by atoms with van der Waals surface area (Å²) >= 11 is 0. The number of aromatic hydroxyl groups is 2. The summed E-state index contributed by atoms with van der Waals surface area (Å²) in [4.78, 5) is 16.5. The molecule has 2 aromatic carbocycles. The maximum absolute atomic E-state index is 12.6. The normalized spacial score (nSPS) is 11.6. The average molecular weight is 354 g/mol. The van der Waals surface area contributed by atoms with Crippen molar-refractivity contribution in [2.24, 2.45) is 0 Å². The summed E-state index contributed by atoms with van der Waals surface area (Å²) in [5.74, 6) is 0.304. The molecule has 0 saturated carbocycles. The molecule has 5 nitrogen and oxygen atoms in total. The van der Waals surface area contributed by atoms with Crippen molar-refractivity contribution in [2.75, 3.05) is 28.2 Å². The largest absolute Gasteiger partial charge is 0.508 e. The van der Waals surface area contributed by atoms with Crippen LogP contribution in [0.15, 0.2) is 42.5 Å². The summed E-state index contributed by atoms with van der Waals surface area (Å²) in [6.45, 7) is 1.10. The van der Waals surface area contributed by atoms with Gasteiger partial charge in [-0.1, -0.05) is 18.2 Å². The standard InChI is InChI=1S/C21H26N2O3/c1-22(2)13-17-11-16(12-18(21(17)26)14-23(3)4)20(25)10-7-15-5-8-19(24)9-6-15/h5-12,24,26H,13-14H2,1-4H3/b10-7+. The van der Waals surface area contributed by atoms with Crippen LogP contribution in [-0.4, -0.2) is 54.0 Å². The molecule has 5 heteroatoms. The van der Waals surface area contributed by atoms with E-state index in [-0.39, 0.29) is 17.3 Å². The topological polar surface area (TPSA) is 64.0 Å². The average Bonchev–Trinajstić information content (AvgIpc) is 2.56. The minimum Gasteiger partial charge on any atom is -0.508 e. The summed E-state index contributed by atoms with van der Waals surface area (Å²) in [5.41, 5.74) is 2.84. The van der Waals surface area contributed by atoms with Gasteiger partial charge in [0.1, 0.15) is 11.5 Å². The predicted octanol–water partition coefficient (Wildman–Crippen LogP) is 3.12. The number of benzene rings is 2. The Morgan fingerprint density at radius 1 is 0.923 bits per heavy atom. The van der Waals surface area contributed by atoms with Gasteiger partial charge in [0.15, 0.2) is 5.78 Å². The first-order valence-electron chi connectivity index (χ1n) is 8.42. The van der Waals surface area contributed by atoms with Gasteiger partial charge in [-0.2, -0.15) is 0 Å². The maximum atomic E-state index is 12.6. The quantitative estimate of drug-likeness (QED) is 0.591. The lowest BCUT2D eigenvalue weighted by atomic mass is 10.00. The smallest absolute Gasteiger partial charge is 0.185 e. The number of carbonyl (C=O) groups excluding carboxylic acids is 1. The molecule has 0 aliphatic rings. The molecule has 0 aliphatic heterocycles. The summed E-state index contributed by atoms with van der Waals surface area (Å²) in [6.07, 6.45) is 3.23. The second kappa shape index (κ2) is 8.65. The highest BCUT2D eigenvalue weighted by Crippen LogP contribution is 2.27. The molecule has 0 unspecified atom stereocenters. The van der Waals surface area contributed by atoms with E-state index in [1.54, 1.807) is 42.5 Å². The lowest BCUT2D eigenvalue weighted by molar-refractivity contribution is 0.104. The minimum atomic E-state index is -0.127. The Hall–Kier alpha value is -2.63. The van der Waals surface area contributed by atoms with Crippen LogP contribution >= 0.6 is 0 Å². The molecule has 0 fully saturated rings. The van der Waals surface area contributed by atoms with Gasteiger partial charge in [-0.25, -0.2) is 0 Å². The van der Waals surface area contributed by atoms with Crippen LogP contribution in [0.2, 0.25) is 0 Å². The van der Waals surface area contributed by atoms with Gasteiger partial charge < -0.3 is 20.0 Å². The van der Waals surface area contributed by atoms with E-state index in [0.29, 0.717) is 18.7 Å². The van der Waals surface area contributed by atoms with Crippen LogP contribution in [0.3, 0.4) is 0 Å². The van der Waals surface area contributed by atoms with E-state index in [1.807, 2.05) is 38.0 Å². The number of phenols is 2. The number of hydrogen-bond acceptors (Lipinski definition) is 5. The highest BCUT2D eigenvalue weighted by Gasteiger charge is 2.14. The number of ketones is 1. The highest BCUT2D eigenvalue weighted by atomic mass is 16.3. The number of allylic oxidation sites excluding steroid dienone is 1. The Morgan fingerprint density at radius 2 is 1.42 bits per heavy atom. The van der Waals surface area contributed by atoms with Crippen molar-refractivity contribution in [3.63, 3.8) is 0 Å². The third-order valence-electron chi connectivity index (χ3n) is 3.85. The van der Waals surface area contributed by atoms with Crippen LogP contribution in [0.1, 0.15) is 27.0 Å². The van der Waals surface area contributed by atoms with Crippen LogP contribution in [0, 0.1) is 0 Å². The molecule has 0 heterocycles. The van der Waals surface area contributed by atoms with Crippen LogP contribution in [0.5, 0.6) is 11.5 Å². The van der Waals surface area contributed by atoms with E-state index >= 15 is 0 Å². The van der Waals surface area contributed by atoms with Crippen LogP contribution in [-0.2, 0) is 13.1 Å². The molecule has 2 N–H and O–H groups in total. The second-order valence-electron chi connectivity index (χ2n) is 6.91. The zero-order valence-electron chi connectivity index (χ0n) is 15.7. The lowest BCUT2D eigenvalue weighted by Gasteiger charge is -2.17. The first-order chi connectivity index (χ1) is 12.3. The lowest BCUT2D eigenvalue weighted by Crippen LogP contribution is -2.15. The Kier molecular flexibility index (Phi) is 6.55. The van der Waals surface area contributed by atoms with Gasteiger partial charge in [0.2, 0.25) is 0 Å². The third kappa shape index (κ3) is 5.44. The van der Waals surface area contributed by atoms with E-state index < -0.39 is 0 Å². The van der Waals surface area contributed by atoms with Crippen molar-refractivity contribution in [1.82, 2.24) is 9.80 Å². The molecule has 26 heavy (non-hydrogen) atoms. The fourth-order valence-electron chi connectivity index (χ4n) is 2.68. The fraction of sp³-hybridized carbons (Fsp3) is 0.286. The van der Waals surface area contributed by atoms with Gasteiger partial charge in [0, 0.05) is 29.8 Å². The number of hydrogen-bond donors (Lipinski definition) is 2. The molecule has 0 spiro atoms. The minimum absolute atomic E-state index is 0.127. The molecule has 2 rings (SSSR count). The predicted molar refractivity (Wildman–Crippen MR) is 104 cm³/mol. The molecule has 138 valence electrons. The Morgan fingerprint density at radius 3 is 1.88 bits per heavy atom. The molecule has 0 amide bonds. The molecule has 0 aromatic heterocycles. The van der Waals surface area contributed by atoms with Gasteiger partial charge >= 0.3 is 0 Å².